The third-order valence-corrected chi connectivity index (χ3v) is 7.18. The zero-order valence-corrected chi connectivity index (χ0v) is 22.6. The maximum Gasteiger partial charge on any atom is 0.337 e. The predicted octanol–water partition coefficient (Wildman–Crippen LogP) is 6.84. The Morgan fingerprint density at radius 3 is 2.10 bits per heavy atom. The Labute approximate surface area is 233 Å². The zero-order valence-electron chi connectivity index (χ0n) is 21.8. The Hall–Kier alpha value is -4.06. The summed E-state index contributed by atoms with van der Waals surface area (Å²) in [5.74, 6) is 0.320. The number of fused-ring (bicyclic) bond motifs is 1. The van der Waals surface area contributed by atoms with Crippen LogP contribution in [0, 0.1) is 0 Å². The predicted molar refractivity (Wildman–Crippen MR) is 157 cm³/mol. The Kier molecular flexibility index (Phi) is 8.30. The highest BCUT2D eigenvalue weighted by atomic mass is 35.5. The Morgan fingerprint density at radius 1 is 0.872 bits per heavy atom. The largest absolute Gasteiger partial charge is 0.493 e. The fourth-order valence-electron chi connectivity index (χ4n) is 5.23. The van der Waals surface area contributed by atoms with Crippen LogP contribution in [0.4, 0.5) is 0 Å². The van der Waals surface area contributed by atoms with E-state index < -0.39 is 0 Å². The van der Waals surface area contributed by atoms with E-state index >= 15 is 0 Å². The first-order valence-corrected chi connectivity index (χ1v) is 13.4. The number of benzene rings is 4. The topological polar surface area (TPSA) is 66.5 Å². The minimum atomic E-state index is -0.371. The first-order valence-electron chi connectivity index (χ1n) is 13.0. The van der Waals surface area contributed by atoms with E-state index in [-0.39, 0.29) is 12.0 Å². The number of halogens is 1. The van der Waals surface area contributed by atoms with Gasteiger partial charge in [-0.15, -0.1) is 0 Å². The highest BCUT2D eigenvalue weighted by molar-refractivity contribution is 6.31. The lowest BCUT2D eigenvalue weighted by Gasteiger charge is -2.25. The van der Waals surface area contributed by atoms with Gasteiger partial charge in [0.2, 0.25) is 0 Å². The number of carbonyl (C=O) groups excluding carboxylic acids is 1. The fraction of sp³-hybridized carbons (Fsp3) is 0.182. The number of methoxy groups -OCH3 is 1. The third-order valence-electron chi connectivity index (χ3n) is 6.95. The third kappa shape index (κ3) is 5.70. The molecule has 0 atom stereocenters. The number of carbonyl (C=O) groups is 1. The summed E-state index contributed by atoms with van der Waals surface area (Å²) < 4.78 is 13.3. The Balaban J connectivity index is 1.57. The number of hydrogen-bond acceptors (Lipinski definition) is 4. The molecule has 0 bridgehead atoms. The number of rotatable bonds is 10. The molecule has 0 amide bonds. The molecule has 0 spiro atoms. The van der Waals surface area contributed by atoms with Gasteiger partial charge in [0, 0.05) is 34.5 Å². The number of nitrogens with two attached hydrogens (primary N) is 1. The van der Waals surface area contributed by atoms with Crippen molar-refractivity contribution < 1.29 is 14.3 Å². The zero-order chi connectivity index (χ0) is 27.2. The average molecular weight is 539 g/mol. The molecular weight excluding hydrogens is 508 g/mol. The van der Waals surface area contributed by atoms with Gasteiger partial charge in [-0.2, -0.15) is 0 Å². The molecule has 0 aliphatic rings. The van der Waals surface area contributed by atoms with Crippen molar-refractivity contribution in [2.75, 3.05) is 20.3 Å². The van der Waals surface area contributed by atoms with Crippen molar-refractivity contribution >= 4 is 28.5 Å². The van der Waals surface area contributed by atoms with Crippen molar-refractivity contribution in [3.8, 4) is 5.75 Å². The SMILES string of the molecule is COC(=O)c1ccc(OCCc2c(CCN)n(C(c3ccccc3)c3ccccc3)c3ccc(Cl)cc23)cc1. The maximum absolute atomic E-state index is 11.8. The summed E-state index contributed by atoms with van der Waals surface area (Å²) in [4.78, 5) is 11.8. The minimum absolute atomic E-state index is 0.0295. The number of esters is 1. The van der Waals surface area contributed by atoms with Crippen LogP contribution >= 0.6 is 11.6 Å². The van der Waals surface area contributed by atoms with Gasteiger partial charge in [-0.25, -0.2) is 4.79 Å². The number of hydrogen-bond donors (Lipinski definition) is 1. The average Bonchev–Trinajstić information content (AvgIpc) is 3.26. The molecule has 198 valence electrons. The van der Waals surface area contributed by atoms with Gasteiger partial charge in [-0.3, -0.25) is 0 Å². The van der Waals surface area contributed by atoms with E-state index in [0.717, 1.165) is 10.9 Å². The van der Waals surface area contributed by atoms with E-state index in [1.807, 2.05) is 24.3 Å². The van der Waals surface area contributed by atoms with E-state index in [0.29, 0.717) is 42.3 Å². The van der Waals surface area contributed by atoms with Gasteiger partial charge < -0.3 is 19.8 Å². The molecule has 0 saturated heterocycles. The van der Waals surface area contributed by atoms with Gasteiger partial charge in [-0.1, -0.05) is 72.3 Å². The maximum atomic E-state index is 11.8. The van der Waals surface area contributed by atoms with Crippen molar-refractivity contribution in [1.29, 1.82) is 0 Å². The smallest absolute Gasteiger partial charge is 0.337 e. The highest BCUT2D eigenvalue weighted by Crippen LogP contribution is 2.37. The van der Waals surface area contributed by atoms with Crippen LogP contribution in [-0.2, 0) is 17.6 Å². The summed E-state index contributed by atoms with van der Waals surface area (Å²) in [5.41, 5.74) is 12.5. The molecule has 4 aromatic carbocycles. The molecule has 0 aliphatic heterocycles. The van der Waals surface area contributed by atoms with Crippen LogP contribution < -0.4 is 10.5 Å². The number of ether oxygens (including phenoxy) is 2. The molecular formula is C33H31ClN2O3. The van der Waals surface area contributed by atoms with E-state index in [1.54, 1.807) is 24.3 Å². The van der Waals surface area contributed by atoms with Gasteiger partial charge >= 0.3 is 5.97 Å². The summed E-state index contributed by atoms with van der Waals surface area (Å²) in [7, 11) is 1.37. The van der Waals surface area contributed by atoms with Crippen LogP contribution in [0.2, 0.25) is 5.02 Å². The minimum Gasteiger partial charge on any atom is -0.493 e. The molecule has 5 rings (SSSR count). The molecule has 0 fully saturated rings. The van der Waals surface area contributed by atoms with E-state index in [9.17, 15) is 4.79 Å². The molecule has 5 aromatic rings. The van der Waals surface area contributed by atoms with Crippen molar-refractivity contribution in [3.63, 3.8) is 0 Å². The van der Waals surface area contributed by atoms with Crippen molar-refractivity contribution in [3.05, 3.63) is 136 Å². The molecule has 0 radical (unpaired) electrons. The molecule has 0 aliphatic carbocycles. The van der Waals surface area contributed by atoms with Gasteiger partial charge in [-0.05, 0) is 65.7 Å². The lowest BCUT2D eigenvalue weighted by molar-refractivity contribution is 0.0600. The molecule has 39 heavy (non-hydrogen) atoms. The molecule has 1 heterocycles. The quantitative estimate of drug-likeness (QED) is 0.198. The summed E-state index contributed by atoms with van der Waals surface area (Å²) in [6.45, 7) is 0.977. The van der Waals surface area contributed by atoms with E-state index in [4.69, 9.17) is 26.8 Å². The first kappa shape index (κ1) is 26.5. The monoisotopic (exact) mass is 538 g/mol. The summed E-state index contributed by atoms with van der Waals surface area (Å²) in [6, 6.07) is 34.1. The molecule has 1 aromatic heterocycles. The van der Waals surface area contributed by atoms with Crippen molar-refractivity contribution in [1.82, 2.24) is 4.57 Å². The second kappa shape index (κ2) is 12.2. The normalized spacial score (nSPS) is 11.2. The lowest BCUT2D eigenvalue weighted by Crippen LogP contribution is -2.18. The number of aromatic nitrogens is 1. The van der Waals surface area contributed by atoms with Crippen LogP contribution in [0.25, 0.3) is 10.9 Å². The molecule has 0 unspecified atom stereocenters. The first-order chi connectivity index (χ1) is 19.1. The van der Waals surface area contributed by atoms with Crippen molar-refractivity contribution in [2.24, 2.45) is 5.73 Å². The van der Waals surface area contributed by atoms with Gasteiger partial charge in [0.1, 0.15) is 5.75 Å². The second-order valence-electron chi connectivity index (χ2n) is 9.33. The fourth-order valence-corrected chi connectivity index (χ4v) is 5.40. The number of nitrogens with zero attached hydrogens (tertiary/aromatic N) is 1. The van der Waals surface area contributed by atoms with Gasteiger partial charge in [0.15, 0.2) is 0 Å². The van der Waals surface area contributed by atoms with E-state index in [1.165, 1.54) is 29.5 Å². The summed E-state index contributed by atoms with van der Waals surface area (Å²) in [5, 5.41) is 1.79. The molecule has 6 heteroatoms. The van der Waals surface area contributed by atoms with Crippen molar-refractivity contribution in [2.45, 2.75) is 18.9 Å². The molecule has 5 nitrogen and oxygen atoms in total. The Bertz CT molecular complexity index is 1510. The Morgan fingerprint density at radius 2 is 1.51 bits per heavy atom. The summed E-state index contributed by atoms with van der Waals surface area (Å²) in [6.07, 6.45) is 1.39. The molecule has 0 saturated carbocycles. The van der Waals surface area contributed by atoms with E-state index in [2.05, 4.69) is 59.2 Å². The van der Waals surface area contributed by atoms with Crippen LogP contribution in [-0.4, -0.2) is 30.8 Å². The van der Waals surface area contributed by atoms with Gasteiger partial charge in [0.25, 0.3) is 0 Å². The standard InChI is InChI=1S/C33H31ClN2O3/c1-38-33(37)25-12-15-27(16-13-25)39-21-19-28-29-22-26(34)14-17-30(29)36(31(28)18-20-35)32(23-8-4-2-5-9-23)24-10-6-3-7-11-24/h2-17,22,32H,18-21,35H2,1H3. The van der Waals surface area contributed by atoms with Crippen LogP contribution in [0.1, 0.15) is 38.8 Å². The van der Waals surface area contributed by atoms with Crippen LogP contribution in [0.3, 0.4) is 0 Å². The van der Waals surface area contributed by atoms with Crippen LogP contribution in [0.15, 0.2) is 103 Å². The highest BCUT2D eigenvalue weighted by Gasteiger charge is 2.25. The summed E-state index contributed by atoms with van der Waals surface area (Å²) >= 11 is 6.52. The van der Waals surface area contributed by atoms with Gasteiger partial charge in [0.05, 0.1) is 25.3 Å². The van der Waals surface area contributed by atoms with Crippen LogP contribution in [0.5, 0.6) is 5.75 Å². The second-order valence-corrected chi connectivity index (χ2v) is 9.77. The lowest BCUT2D eigenvalue weighted by atomic mass is 9.97. The molecule has 2 N–H and O–H groups in total.